The van der Waals surface area contributed by atoms with Gasteiger partial charge in [-0.3, -0.25) is 4.57 Å². The third kappa shape index (κ3) is 3.54. The van der Waals surface area contributed by atoms with E-state index >= 15 is 0 Å². The van der Waals surface area contributed by atoms with Gasteiger partial charge in [0.2, 0.25) is 0 Å². The largest absolute Gasteiger partial charge is 0.287 e. The molecule has 3 rings (SSSR count). The van der Waals surface area contributed by atoms with E-state index in [1.807, 2.05) is 30.5 Å². The van der Waals surface area contributed by atoms with Crippen LogP contribution in [-0.2, 0) is 0 Å². The summed E-state index contributed by atoms with van der Waals surface area (Å²) < 4.78 is 2.13. The third-order valence-corrected chi connectivity index (χ3v) is 5.25. The molecule has 5 heteroatoms. The first-order valence-corrected chi connectivity index (χ1v) is 9.18. The molecule has 0 saturated heterocycles. The Hall–Kier alpha value is -1.68. The first-order chi connectivity index (χ1) is 11.6. The van der Waals surface area contributed by atoms with Gasteiger partial charge in [0, 0.05) is 17.0 Å². The second-order valence-electron chi connectivity index (χ2n) is 5.33. The van der Waals surface area contributed by atoms with Crippen molar-refractivity contribution in [3.05, 3.63) is 76.9 Å². The molecular formula is C19H16Cl2N2S. The zero-order valence-electron chi connectivity index (χ0n) is 13.2. The molecule has 3 aromatic rings. The second-order valence-corrected chi connectivity index (χ2v) is 7.13. The number of aryl methyl sites for hydroxylation is 1. The van der Waals surface area contributed by atoms with E-state index in [-0.39, 0.29) is 0 Å². The van der Waals surface area contributed by atoms with Gasteiger partial charge in [-0.25, -0.2) is 4.98 Å². The van der Waals surface area contributed by atoms with Crippen LogP contribution in [-0.4, -0.2) is 15.3 Å². The second kappa shape index (κ2) is 7.47. The van der Waals surface area contributed by atoms with E-state index in [0.717, 1.165) is 27.9 Å². The molecule has 24 heavy (non-hydrogen) atoms. The van der Waals surface area contributed by atoms with Crippen LogP contribution in [0.1, 0.15) is 5.56 Å². The zero-order chi connectivity index (χ0) is 17.1. The molecule has 1 heterocycles. The number of halogens is 2. The Morgan fingerprint density at radius 2 is 1.88 bits per heavy atom. The maximum absolute atomic E-state index is 6.19. The molecule has 0 atom stereocenters. The van der Waals surface area contributed by atoms with E-state index in [9.17, 15) is 0 Å². The summed E-state index contributed by atoms with van der Waals surface area (Å²) >= 11 is 13.9. The van der Waals surface area contributed by atoms with Crippen molar-refractivity contribution in [3.8, 4) is 16.9 Å². The average molecular weight is 375 g/mol. The van der Waals surface area contributed by atoms with E-state index in [2.05, 4.69) is 47.3 Å². The Kier molecular flexibility index (Phi) is 5.34. The van der Waals surface area contributed by atoms with E-state index < -0.39 is 0 Å². The molecule has 122 valence electrons. The number of thioether (sulfide) groups is 1. The Bertz CT molecular complexity index is 870. The van der Waals surface area contributed by atoms with Crippen LogP contribution in [0.3, 0.4) is 0 Å². The lowest BCUT2D eigenvalue weighted by molar-refractivity contribution is 0.901. The molecule has 0 aliphatic heterocycles. The topological polar surface area (TPSA) is 17.8 Å². The van der Waals surface area contributed by atoms with Crippen LogP contribution in [0.15, 0.2) is 66.5 Å². The Morgan fingerprint density at radius 3 is 2.54 bits per heavy atom. The van der Waals surface area contributed by atoms with Gasteiger partial charge in [0.15, 0.2) is 5.16 Å². The lowest BCUT2D eigenvalue weighted by atomic mass is 10.1. The maximum Gasteiger partial charge on any atom is 0.173 e. The Balaban J connectivity index is 2.15. The zero-order valence-corrected chi connectivity index (χ0v) is 15.5. The molecule has 2 aromatic carbocycles. The van der Waals surface area contributed by atoms with E-state index in [1.54, 1.807) is 11.8 Å². The van der Waals surface area contributed by atoms with Crippen LogP contribution < -0.4 is 0 Å². The number of rotatable bonds is 5. The molecular weight excluding hydrogens is 359 g/mol. The van der Waals surface area contributed by atoms with Gasteiger partial charge in [-0.15, -0.1) is 6.58 Å². The summed E-state index contributed by atoms with van der Waals surface area (Å²) in [5.41, 5.74) is 4.23. The highest BCUT2D eigenvalue weighted by Gasteiger charge is 2.14. The van der Waals surface area contributed by atoms with E-state index in [4.69, 9.17) is 23.2 Å². The summed E-state index contributed by atoms with van der Waals surface area (Å²) in [6.45, 7) is 5.86. The predicted octanol–water partition coefficient (Wildman–Crippen LogP) is 6.43. The lowest BCUT2D eigenvalue weighted by Gasteiger charge is -2.12. The fourth-order valence-electron chi connectivity index (χ4n) is 2.37. The summed E-state index contributed by atoms with van der Waals surface area (Å²) in [5.74, 6) is 0.795. The highest BCUT2D eigenvalue weighted by molar-refractivity contribution is 7.99. The van der Waals surface area contributed by atoms with Gasteiger partial charge >= 0.3 is 0 Å². The number of benzene rings is 2. The summed E-state index contributed by atoms with van der Waals surface area (Å²) in [6, 6.07) is 14.0. The summed E-state index contributed by atoms with van der Waals surface area (Å²) in [5, 5.41) is 1.99. The van der Waals surface area contributed by atoms with Crippen molar-refractivity contribution >= 4 is 35.0 Å². The third-order valence-electron chi connectivity index (χ3n) is 3.57. The van der Waals surface area contributed by atoms with Gasteiger partial charge in [-0.05, 0) is 31.2 Å². The number of imidazole rings is 1. The van der Waals surface area contributed by atoms with Crippen LogP contribution in [0.5, 0.6) is 0 Å². The van der Waals surface area contributed by atoms with Crippen molar-refractivity contribution in [2.24, 2.45) is 0 Å². The number of nitrogens with zero attached hydrogens (tertiary/aromatic N) is 2. The van der Waals surface area contributed by atoms with Crippen LogP contribution >= 0.6 is 35.0 Å². The molecule has 0 radical (unpaired) electrons. The molecule has 0 unspecified atom stereocenters. The van der Waals surface area contributed by atoms with E-state index in [0.29, 0.717) is 10.0 Å². The summed E-state index contributed by atoms with van der Waals surface area (Å²) in [6.07, 6.45) is 3.74. The Labute approximate surface area is 156 Å². The smallest absolute Gasteiger partial charge is 0.173 e. The average Bonchev–Trinajstić information content (AvgIpc) is 3.00. The SMILES string of the molecule is C=CCSc1ncc(-c2ccc(Cl)c(Cl)c2)n1-c1ccc(C)cc1. The molecule has 0 bridgehead atoms. The number of hydrogen-bond acceptors (Lipinski definition) is 2. The van der Waals surface area contributed by atoms with Gasteiger partial charge < -0.3 is 0 Å². The standard InChI is InChI=1S/C19H16Cl2N2S/c1-3-10-24-19-22-12-18(14-6-9-16(20)17(21)11-14)23(19)15-7-4-13(2)5-8-15/h3-9,11-12H,1,10H2,2H3. The van der Waals surface area contributed by atoms with Gasteiger partial charge in [0.25, 0.3) is 0 Å². The molecule has 0 saturated carbocycles. The van der Waals surface area contributed by atoms with Crippen LogP contribution in [0.25, 0.3) is 16.9 Å². The van der Waals surface area contributed by atoms with Crippen molar-refractivity contribution in [1.82, 2.24) is 9.55 Å². The van der Waals surface area contributed by atoms with Crippen LogP contribution in [0, 0.1) is 6.92 Å². The molecule has 0 spiro atoms. The normalized spacial score (nSPS) is 10.8. The Morgan fingerprint density at radius 1 is 1.12 bits per heavy atom. The minimum absolute atomic E-state index is 0.533. The highest BCUT2D eigenvalue weighted by Crippen LogP contribution is 2.33. The first-order valence-electron chi connectivity index (χ1n) is 7.44. The fraction of sp³-hybridized carbons (Fsp3) is 0.105. The minimum Gasteiger partial charge on any atom is -0.287 e. The predicted molar refractivity (Wildman–Crippen MR) is 105 cm³/mol. The van der Waals surface area contributed by atoms with Gasteiger partial charge in [-0.2, -0.15) is 0 Å². The quantitative estimate of drug-likeness (QED) is 0.378. The molecule has 0 N–H and O–H groups in total. The van der Waals surface area contributed by atoms with Crippen molar-refractivity contribution in [1.29, 1.82) is 0 Å². The fourth-order valence-corrected chi connectivity index (χ4v) is 3.40. The number of aromatic nitrogens is 2. The van der Waals surface area contributed by atoms with Crippen molar-refractivity contribution in [2.75, 3.05) is 5.75 Å². The maximum atomic E-state index is 6.19. The van der Waals surface area contributed by atoms with Crippen LogP contribution in [0.2, 0.25) is 10.0 Å². The highest BCUT2D eigenvalue weighted by atomic mass is 35.5. The molecule has 0 fully saturated rings. The van der Waals surface area contributed by atoms with Crippen LogP contribution in [0.4, 0.5) is 0 Å². The molecule has 2 nitrogen and oxygen atoms in total. The molecule has 1 aromatic heterocycles. The monoisotopic (exact) mass is 374 g/mol. The minimum atomic E-state index is 0.533. The first kappa shape index (κ1) is 17.2. The van der Waals surface area contributed by atoms with Gasteiger partial charge in [-0.1, -0.05) is 64.8 Å². The van der Waals surface area contributed by atoms with Crippen molar-refractivity contribution < 1.29 is 0 Å². The summed E-state index contributed by atoms with van der Waals surface area (Å²) in [7, 11) is 0. The van der Waals surface area contributed by atoms with E-state index in [1.165, 1.54) is 5.56 Å². The molecule has 0 amide bonds. The summed E-state index contributed by atoms with van der Waals surface area (Å²) in [4.78, 5) is 4.58. The molecule has 0 aliphatic carbocycles. The van der Waals surface area contributed by atoms with Gasteiger partial charge in [0.1, 0.15) is 0 Å². The number of hydrogen-bond donors (Lipinski definition) is 0. The molecule has 0 aliphatic rings. The van der Waals surface area contributed by atoms with Crippen molar-refractivity contribution in [3.63, 3.8) is 0 Å². The van der Waals surface area contributed by atoms with Crippen molar-refractivity contribution in [2.45, 2.75) is 12.1 Å². The lowest BCUT2D eigenvalue weighted by Crippen LogP contribution is -1.99. The van der Waals surface area contributed by atoms with Gasteiger partial charge in [0.05, 0.1) is 21.9 Å².